The first kappa shape index (κ1) is 29.6. The molecule has 0 spiro atoms. The minimum atomic E-state index is -4.43. The maximum absolute atomic E-state index is 13.9. The predicted molar refractivity (Wildman–Crippen MR) is 156 cm³/mol. The summed E-state index contributed by atoms with van der Waals surface area (Å²) in [6.45, 7) is 3.37. The van der Waals surface area contributed by atoms with Gasteiger partial charge in [-0.3, -0.25) is 14.5 Å². The van der Waals surface area contributed by atoms with Crippen LogP contribution in [0.2, 0.25) is 0 Å². The Balaban J connectivity index is 1.06. The highest BCUT2D eigenvalue weighted by Crippen LogP contribution is 2.65. The number of alkyl halides is 3. The van der Waals surface area contributed by atoms with E-state index in [1.54, 1.807) is 6.07 Å². The molecule has 44 heavy (non-hydrogen) atoms. The summed E-state index contributed by atoms with van der Waals surface area (Å²) in [4.78, 5) is 38.6. The van der Waals surface area contributed by atoms with Crippen LogP contribution in [0.3, 0.4) is 0 Å². The fourth-order valence-electron chi connectivity index (χ4n) is 8.41. The van der Waals surface area contributed by atoms with Crippen molar-refractivity contribution in [2.45, 2.75) is 66.0 Å². The maximum Gasteiger partial charge on any atom is 0.446 e. The molecule has 1 aromatic heterocycles. The minimum Gasteiger partial charge on any atom is -0.480 e. The number of methoxy groups -OCH3 is 1. The second-order valence-corrected chi connectivity index (χ2v) is 13.9. The number of benzene rings is 1. The van der Waals surface area contributed by atoms with Gasteiger partial charge in [-0.25, -0.2) is 9.97 Å². The van der Waals surface area contributed by atoms with Gasteiger partial charge in [-0.15, -0.1) is 0 Å². The molecular weight excluding hydrogens is 597 g/mol. The number of halogens is 3. The van der Waals surface area contributed by atoms with Gasteiger partial charge in [-0.1, -0.05) is 6.07 Å². The number of aromatic nitrogens is 2. The monoisotopic (exact) mass is 632 g/mol. The van der Waals surface area contributed by atoms with Crippen LogP contribution in [0.15, 0.2) is 35.5 Å². The third-order valence-electron chi connectivity index (χ3n) is 10.2. The normalized spacial score (nSPS) is 32.4. The molecule has 14 heteroatoms. The number of anilines is 2. The van der Waals surface area contributed by atoms with Crippen molar-refractivity contribution < 1.29 is 32.2 Å². The Morgan fingerprint density at radius 1 is 1.11 bits per heavy atom. The van der Waals surface area contributed by atoms with Gasteiger partial charge in [-0.05, 0) is 80.3 Å². The molecule has 2 amide bonds. The first-order chi connectivity index (χ1) is 21.1. The van der Waals surface area contributed by atoms with E-state index in [-0.39, 0.29) is 62.6 Å². The third kappa shape index (κ3) is 5.38. The molecule has 4 atom stereocenters. The Morgan fingerprint density at radius 3 is 2.59 bits per heavy atom. The van der Waals surface area contributed by atoms with Crippen molar-refractivity contribution in [1.29, 1.82) is 0 Å². The van der Waals surface area contributed by atoms with Crippen LogP contribution in [-0.2, 0) is 9.53 Å². The molecule has 5 aliphatic carbocycles. The second kappa shape index (κ2) is 11.1. The number of amides is 2. The molecule has 4 bridgehead atoms. The highest BCUT2D eigenvalue weighted by Gasteiger charge is 2.70. The molecule has 1 saturated heterocycles. The number of carbonyl (C=O) groups excluding carboxylic acids is 2. The van der Waals surface area contributed by atoms with Crippen LogP contribution in [0.4, 0.5) is 24.7 Å². The number of rotatable bonds is 9. The number of ether oxygens (including phenoxy) is 2. The maximum atomic E-state index is 13.9. The fourth-order valence-corrected chi connectivity index (χ4v) is 9.01. The predicted octanol–water partition coefficient (Wildman–Crippen LogP) is 4.30. The lowest BCUT2D eigenvalue weighted by Crippen LogP contribution is -2.82. The molecule has 2 heterocycles. The van der Waals surface area contributed by atoms with E-state index in [2.05, 4.69) is 30.8 Å². The lowest BCUT2D eigenvalue weighted by molar-refractivity contribution is -0.172. The summed E-state index contributed by atoms with van der Waals surface area (Å²) in [6, 6.07) is 5.28. The van der Waals surface area contributed by atoms with E-state index < -0.39 is 23.4 Å². The number of nitrogens with one attached hydrogen (secondary N) is 3. The van der Waals surface area contributed by atoms with Crippen LogP contribution < -0.4 is 20.7 Å². The van der Waals surface area contributed by atoms with Crippen LogP contribution in [0.25, 0.3) is 0 Å². The summed E-state index contributed by atoms with van der Waals surface area (Å²) in [5.74, 6) is -0.501. The summed E-state index contributed by atoms with van der Waals surface area (Å²) in [7, 11) is 1.45. The van der Waals surface area contributed by atoms with Gasteiger partial charge in [0.1, 0.15) is 17.7 Å². The molecular formula is C30H35F3N6O4S. The molecule has 3 N–H and O–H groups in total. The smallest absolute Gasteiger partial charge is 0.446 e. The minimum absolute atomic E-state index is 0.0103. The van der Waals surface area contributed by atoms with Crippen LogP contribution >= 0.6 is 11.8 Å². The Labute approximate surface area is 257 Å². The quantitative estimate of drug-likeness (QED) is 0.348. The van der Waals surface area contributed by atoms with Crippen LogP contribution in [0.5, 0.6) is 5.88 Å². The Hall–Kier alpha value is -3.10. The van der Waals surface area contributed by atoms with Gasteiger partial charge >= 0.3 is 5.51 Å². The number of carbonyl (C=O) groups is 2. The molecule has 0 radical (unpaired) electrons. The second-order valence-electron chi connectivity index (χ2n) is 12.8. The molecule has 236 valence electrons. The van der Waals surface area contributed by atoms with Gasteiger partial charge in [0.25, 0.3) is 5.91 Å². The average molecular weight is 633 g/mol. The van der Waals surface area contributed by atoms with E-state index in [0.29, 0.717) is 5.82 Å². The van der Waals surface area contributed by atoms with E-state index in [0.717, 1.165) is 64.8 Å². The summed E-state index contributed by atoms with van der Waals surface area (Å²) in [5, 5.41) is 9.47. The van der Waals surface area contributed by atoms with E-state index in [1.165, 1.54) is 31.6 Å². The van der Waals surface area contributed by atoms with Gasteiger partial charge in [0.05, 0.1) is 26.2 Å². The SMILES string of the molecule is COc1ncnc(NC23CC(N4CCOCC4)(C2)C3)c1C(=O)N[C@@H]1[C@H]2CC[C@H](C2)[C@@H]1C(=O)Nc1cccc(SC(F)(F)F)c1. The fraction of sp³-hybridized carbons (Fsp3) is 0.600. The number of thioether (sulfide) groups is 1. The topological polar surface area (TPSA) is 118 Å². The van der Waals surface area contributed by atoms with Crippen molar-refractivity contribution in [3.8, 4) is 5.88 Å². The number of morpholine rings is 1. The van der Waals surface area contributed by atoms with Crippen LogP contribution in [0, 0.1) is 17.8 Å². The Bertz CT molecular complexity index is 1430. The third-order valence-corrected chi connectivity index (χ3v) is 10.9. The van der Waals surface area contributed by atoms with Crippen molar-refractivity contribution in [2.24, 2.45) is 17.8 Å². The molecule has 2 aromatic rings. The van der Waals surface area contributed by atoms with Crippen molar-refractivity contribution >= 4 is 35.1 Å². The molecule has 6 fully saturated rings. The van der Waals surface area contributed by atoms with Crippen molar-refractivity contribution in [3.05, 3.63) is 36.2 Å². The lowest BCUT2D eigenvalue weighted by atomic mass is 9.43. The highest BCUT2D eigenvalue weighted by molar-refractivity contribution is 8.00. The van der Waals surface area contributed by atoms with E-state index in [4.69, 9.17) is 9.47 Å². The highest BCUT2D eigenvalue weighted by atomic mass is 32.2. The van der Waals surface area contributed by atoms with E-state index >= 15 is 0 Å². The standard InChI is InChI=1S/C30H35F3N6O4S/c1-42-27-22(24(34-16-35-27)38-28-13-29(14-28,15-28)39-7-9-43-10-8-39)26(41)37-23-18-6-5-17(11-18)21(23)25(40)36-19-3-2-4-20(12-19)44-30(31,32)33/h2-4,12,16-18,21,23H,5-11,13-15H2,1H3,(H,36,40)(H,37,41)(H,34,35,38)/t17-,18+,21+,23-,28?,29?/m1/s1. The number of hydrogen-bond acceptors (Lipinski definition) is 9. The van der Waals surface area contributed by atoms with Gasteiger partial charge in [0.15, 0.2) is 0 Å². The van der Waals surface area contributed by atoms with Crippen LogP contribution in [-0.4, -0.2) is 82.7 Å². The zero-order chi connectivity index (χ0) is 30.7. The first-order valence-corrected chi connectivity index (χ1v) is 15.9. The zero-order valence-electron chi connectivity index (χ0n) is 24.3. The number of hydrogen-bond donors (Lipinski definition) is 3. The van der Waals surface area contributed by atoms with Crippen molar-refractivity contribution in [1.82, 2.24) is 20.2 Å². The van der Waals surface area contributed by atoms with Crippen LogP contribution in [0.1, 0.15) is 48.9 Å². The van der Waals surface area contributed by atoms with Gasteiger partial charge in [0.2, 0.25) is 11.8 Å². The molecule has 10 nitrogen and oxygen atoms in total. The largest absolute Gasteiger partial charge is 0.480 e. The summed E-state index contributed by atoms with van der Waals surface area (Å²) >= 11 is -0.228. The van der Waals surface area contributed by atoms with Crippen molar-refractivity contribution in [2.75, 3.05) is 44.0 Å². The summed E-state index contributed by atoms with van der Waals surface area (Å²) in [6.07, 6.45) is 6.81. The number of nitrogens with zero attached hydrogens (tertiary/aromatic N) is 3. The lowest BCUT2D eigenvalue weighted by Gasteiger charge is -2.74. The average Bonchev–Trinajstić information content (AvgIpc) is 3.55. The van der Waals surface area contributed by atoms with E-state index in [9.17, 15) is 22.8 Å². The Morgan fingerprint density at radius 2 is 1.86 bits per heavy atom. The Kier molecular flexibility index (Phi) is 7.44. The molecule has 1 aromatic carbocycles. The molecule has 5 saturated carbocycles. The number of fused-ring (bicyclic) bond motifs is 2. The van der Waals surface area contributed by atoms with Crippen molar-refractivity contribution in [3.63, 3.8) is 0 Å². The first-order valence-electron chi connectivity index (χ1n) is 15.0. The summed E-state index contributed by atoms with van der Waals surface area (Å²) < 4.78 is 49.7. The molecule has 1 aliphatic heterocycles. The zero-order valence-corrected chi connectivity index (χ0v) is 25.1. The molecule has 0 unspecified atom stereocenters. The molecule has 8 rings (SSSR count). The summed E-state index contributed by atoms with van der Waals surface area (Å²) in [5.41, 5.74) is -3.89. The van der Waals surface area contributed by atoms with Gasteiger partial charge in [-0.2, -0.15) is 13.2 Å². The van der Waals surface area contributed by atoms with Gasteiger partial charge in [0, 0.05) is 40.8 Å². The van der Waals surface area contributed by atoms with Gasteiger partial charge < -0.3 is 25.4 Å². The van der Waals surface area contributed by atoms with E-state index in [1.807, 2.05) is 0 Å². The molecule has 6 aliphatic rings.